The molecule has 5 aliphatic rings. The van der Waals surface area contributed by atoms with Crippen LogP contribution in [0, 0.1) is 56.2 Å². The molecule has 0 aromatic carbocycles. The summed E-state index contributed by atoms with van der Waals surface area (Å²) in [7, 11) is 1.95. The monoisotopic (exact) mass is 570 g/mol. The molecule has 2 spiro atoms. The van der Waals surface area contributed by atoms with E-state index in [1.807, 2.05) is 48.6 Å². The zero-order valence-electron chi connectivity index (χ0n) is 27.1. The topological polar surface area (TPSA) is 102 Å². The maximum atomic E-state index is 14.6. The second-order valence-corrected chi connectivity index (χ2v) is 16.7. The van der Waals surface area contributed by atoms with Crippen LogP contribution in [0.2, 0.25) is 0 Å². The van der Waals surface area contributed by atoms with Crippen LogP contribution in [-0.4, -0.2) is 49.2 Å². The number of carbonyl (C=O) groups excluding carboxylic acids is 4. The van der Waals surface area contributed by atoms with E-state index in [9.17, 15) is 19.2 Å². The lowest BCUT2D eigenvalue weighted by molar-refractivity contribution is -0.171. The molecule has 0 bridgehead atoms. The number of rotatable bonds is 6. The number of nitrogens with one attached hydrogen (secondary N) is 2. The summed E-state index contributed by atoms with van der Waals surface area (Å²) >= 11 is 0. The lowest BCUT2D eigenvalue weighted by Crippen LogP contribution is -2.63. The van der Waals surface area contributed by atoms with Gasteiger partial charge in [-0.15, -0.1) is 0 Å². The largest absolute Gasteiger partial charge is 0.462 e. The number of aldehydes is 1. The molecular formula is C34H54N2O5. The molecule has 2 N–H and O–H groups in total. The van der Waals surface area contributed by atoms with Gasteiger partial charge in [0.1, 0.15) is 18.2 Å². The number of esters is 1. The first-order valence-corrected chi connectivity index (χ1v) is 16.1. The molecule has 0 aliphatic heterocycles. The Hall–Kier alpha value is -1.76. The van der Waals surface area contributed by atoms with Crippen LogP contribution in [0.5, 0.6) is 0 Å². The van der Waals surface area contributed by atoms with Crippen molar-refractivity contribution in [2.24, 2.45) is 56.2 Å². The summed E-state index contributed by atoms with van der Waals surface area (Å²) in [4.78, 5) is 53.4. The summed E-state index contributed by atoms with van der Waals surface area (Å²) < 4.78 is 6.34. The molecule has 0 aromatic rings. The first kappa shape index (κ1) is 30.7. The number of hydrogen-bond acceptors (Lipinski definition) is 6. The van der Waals surface area contributed by atoms with E-state index < -0.39 is 16.2 Å². The summed E-state index contributed by atoms with van der Waals surface area (Å²) in [6, 6.07) is -0.114. The fourth-order valence-corrected chi connectivity index (χ4v) is 11.1. The fraction of sp³-hybridized carbons (Fsp3) is 0.882. The van der Waals surface area contributed by atoms with Crippen molar-refractivity contribution in [1.82, 2.24) is 10.6 Å². The Balaban J connectivity index is 1.52. The highest BCUT2D eigenvalue weighted by Gasteiger charge is 2.86. The van der Waals surface area contributed by atoms with E-state index in [1.54, 1.807) is 0 Å². The second-order valence-electron chi connectivity index (χ2n) is 16.7. The number of hydrogen-bond donors (Lipinski definition) is 2. The SMILES string of the molecule is CN[C@@H](C)[C@H]1[C@H](OC(=O)C(C)(C)C)C[C@@]2(C)[C@@H]3CC[C@@H]4C5(CC[C@H](NC(=O)C(C)C)[C@@]4(C)C=O)C[C@@]35C(=O)C[C@]12C. The van der Waals surface area contributed by atoms with Crippen molar-refractivity contribution in [3.05, 3.63) is 0 Å². The average molecular weight is 571 g/mol. The molecule has 0 radical (unpaired) electrons. The number of carbonyl (C=O) groups is 4. The van der Waals surface area contributed by atoms with E-state index in [0.717, 1.165) is 44.8 Å². The van der Waals surface area contributed by atoms with Crippen LogP contribution >= 0.6 is 0 Å². The predicted octanol–water partition coefficient (Wildman–Crippen LogP) is 5.10. The minimum absolute atomic E-state index is 0.0123. The van der Waals surface area contributed by atoms with Crippen LogP contribution in [0.15, 0.2) is 0 Å². The molecule has 5 rings (SSSR count). The Morgan fingerprint density at radius 1 is 1.02 bits per heavy atom. The van der Waals surface area contributed by atoms with Gasteiger partial charge in [0, 0.05) is 41.2 Å². The number of ether oxygens (including phenoxy) is 1. The third-order valence-corrected chi connectivity index (χ3v) is 13.6. The molecule has 5 fully saturated rings. The van der Waals surface area contributed by atoms with Gasteiger partial charge in [0.15, 0.2) is 0 Å². The second kappa shape index (κ2) is 9.37. The van der Waals surface area contributed by atoms with E-state index in [-0.39, 0.29) is 70.0 Å². The molecule has 1 amide bonds. The zero-order valence-corrected chi connectivity index (χ0v) is 27.1. The van der Waals surface area contributed by atoms with Gasteiger partial charge in [-0.2, -0.15) is 0 Å². The Labute approximate surface area is 247 Å². The van der Waals surface area contributed by atoms with Gasteiger partial charge in [0.2, 0.25) is 5.91 Å². The molecule has 1 unspecified atom stereocenters. The third-order valence-electron chi connectivity index (χ3n) is 13.6. The Morgan fingerprint density at radius 3 is 2.22 bits per heavy atom. The maximum Gasteiger partial charge on any atom is 0.311 e. The van der Waals surface area contributed by atoms with Gasteiger partial charge < -0.3 is 20.2 Å². The molecular weight excluding hydrogens is 516 g/mol. The minimum atomic E-state index is -0.692. The van der Waals surface area contributed by atoms with Gasteiger partial charge in [-0.1, -0.05) is 34.6 Å². The van der Waals surface area contributed by atoms with Gasteiger partial charge in [-0.3, -0.25) is 14.4 Å². The van der Waals surface area contributed by atoms with E-state index in [4.69, 9.17) is 4.74 Å². The van der Waals surface area contributed by atoms with Gasteiger partial charge in [0.05, 0.1) is 5.41 Å². The van der Waals surface area contributed by atoms with Crippen molar-refractivity contribution >= 4 is 23.9 Å². The molecule has 5 aliphatic carbocycles. The molecule has 5 saturated carbocycles. The fourth-order valence-electron chi connectivity index (χ4n) is 11.1. The standard InChI is InChI=1S/C34H54N2O5/c1-19(2)27(39)36-24-13-14-33-17-34(33)23(12-11-22(33)30(24,7)18-37)31(8)15-21(41-28(40)29(4,5)6)26(20(3)35-10)32(31,9)16-25(34)38/h18-24,26,35H,11-17H2,1-10H3,(H,36,39)/t20-,21+,22-,23-,24-,26-,30-,31-,32+,33?,34-/m0/s1. The normalized spacial score (nSPS) is 47.4. The summed E-state index contributed by atoms with van der Waals surface area (Å²) in [5, 5.41) is 6.66. The van der Waals surface area contributed by atoms with Crippen LogP contribution in [0.1, 0.15) is 107 Å². The number of Topliss-reactive ketones (excluding diaryl/α,β-unsaturated/α-hetero) is 1. The van der Waals surface area contributed by atoms with E-state index in [1.165, 1.54) is 0 Å². The summed E-state index contributed by atoms with van der Waals surface area (Å²) in [5.74, 6) is 0.327. The zero-order chi connectivity index (χ0) is 30.6. The highest BCUT2D eigenvalue weighted by atomic mass is 16.5. The summed E-state index contributed by atoms with van der Waals surface area (Å²) in [6.07, 6.45) is 6.32. The molecule has 7 heteroatoms. The van der Waals surface area contributed by atoms with Crippen LogP contribution in [-0.2, 0) is 23.9 Å². The lowest BCUT2D eigenvalue weighted by Gasteiger charge is -2.62. The smallest absolute Gasteiger partial charge is 0.311 e. The summed E-state index contributed by atoms with van der Waals surface area (Å²) in [5.41, 5.74) is -2.37. The molecule has 11 atom stereocenters. The van der Waals surface area contributed by atoms with Crippen LogP contribution in [0.4, 0.5) is 0 Å². The highest BCUT2D eigenvalue weighted by molar-refractivity contribution is 5.92. The molecule has 7 nitrogen and oxygen atoms in total. The van der Waals surface area contributed by atoms with Crippen LogP contribution in [0.3, 0.4) is 0 Å². The van der Waals surface area contributed by atoms with Gasteiger partial charge >= 0.3 is 5.97 Å². The van der Waals surface area contributed by atoms with E-state index in [0.29, 0.717) is 12.2 Å². The average Bonchev–Trinajstić information content (AvgIpc) is 3.52. The van der Waals surface area contributed by atoms with Gasteiger partial charge in [0.25, 0.3) is 0 Å². The van der Waals surface area contributed by atoms with Crippen molar-refractivity contribution in [2.75, 3.05) is 7.05 Å². The molecule has 41 heavy (non-hydrogen) atoms. The predicted molar refractivity (Wildman–Crippen MR) is 158 cm³/mol. The maximum absolute atomic E-state index is 14.6. The van der Waals surface area contributed by atoms with Gasteiger partial charge in [-0.25, -0.2) is 0 Å². The number of ketones is 1. The molecule has 0 saturated heterocycles. The highest BCUT2D eigenvalue weighted by Crippen LogP contribution is 2.87. The first-order valence-electron chi connectivity index (χ1n) is 16.1. The van der Waals surface area contributed by atoms with Crippen LogP contribution in [0.25, 0.3) is 0 Å². The lowest BCUT2D eigenvalue weighted by atomic mass is 9.41. The Bertz CT molecular complexity index is 1140. The molecule has 0 aromatic heterocycles. The quantitative estimate of drug-likeness (QED) is 0.340. The van der Waals surface area contributed by atoms with Crippen molar-refractivity contribution in [3.63, 3.8) is 0 Å². The van der Waals surface area contributed by atoms with Crippen molar-refractivity contribution in [2.45, 2.75) is 125 Å². The van der Waals surface area contributed by atoms with E-state index >= 15 is 0 Å². The Kier molecular flexibility index (Phi) is 7.01. The Morgan fingerprint density at radius 2 is 1.66 bits per heavy atom. The van der Waals surface area contributed by atoms with Gasteiger partial charge in [-0.05, 0) is 101 Å². The third kappa shape index (κ3) is 3.85. The minimum Gasteiger partial charge on any atom is -0.462 e. The molecule has 0 heterocycles. The van der Waals surface area contributed by atoms with Crippen molar-refractivity contribution in [3.8, 4) is 0 Å². The van der Waals surface area contributed by atoms with Crippen molar-refractivity contribution in [1.29, 1.82) is 0 Å². The van der Waals surface area contributed by atoms with Crippen LogP contribution < -0.4 is 10.6 Å². The number of fused-ring (bicyclic) bond motifs is 2. The molecule has 230 valence electrons. The first-order chi connectivity index (χ1) is 18.9. The van der Waals surface area contributed by atoms with E-state index in [2.05, 4.69) is 31.4 Å². The summed E-state index contributed by atoms with van der Waals surface area (Å²) in [6.45, 7) is 18.3. The van der Waals surface area contributed by atoms with Crippen molar-refractivity contribution < 1.29 is 23.9 Å². The number of amides is 1.